The average molecular weight is 315 g/mol. The minimum Gasteiger partial charge on any atom is -0.493 e. The quantitative estimate of drug-likeness (QED) is 0.913. The fourth-order valence-corrected chi connectivity index (χ4v) is 2.22. The smallest absolute Gasteiger partial charge is 0.163 e. The molecule has 0 aliphatic rings. The van der Waals surface area contributed by atoms with Crippen LogP contribution >= 0.6 is 0 Å². The average Bonchev–Trinajstić information content (AvgIpc) is 2.56. The number of aromatic nitrogens is 1. The Labute approximate surface area is 134 Å². The van der Waals surface area contributed by atoms with Gasteiger partial charge in [0, 0.05) is 11.6 Å². The van der Waals surface area contributed by atoms with Gasteiger partial charge < -0.3 is 14.8 Å². The number of nitrogens with zero attached hydrogens (tertiary/aromatic N) is 2. The highest BCUT2D eigenvalue weighted by molar-refractivity contribution is 5.48. The molecular formula is C17H18FN3O2. The van der Waals surface area contributed by atoms with Crippen molar-refractivity contribution in [2.75, 3.05) is 19.5 Å². The first-order chi connectivity index (χ1) is 11.0. The van der Waals surface area contributed by atoms with Gasteiger partial charge in [0.25, 0.3) is 0 Å². The van der Waals surface area contributed by atoms with E-state index in [-0.39, 0.29) is 6.04 Å². The maximum absolute atomic E-state index is 14.3. The molecule has 1 heterocycles. The fraction of sp³-hybridized carbons (Fsp3) is 0.294. The number of ether oxygens (including phenoxy) is 2. The number of hydrogen-bond acceptors (Lipinski definition) is 5. The molecule has 23 heavy (non-hydrogen) atoms. The van der Waals surface area contributed by atoms with Gasteiger partial charge >= 0.3 is 0 Å². The van der Waals surface area contributed by atoms with Crippen molar-refractivity contribution in [3.05, 3.63) is 46.9 Å². The number of rotatable bonds is 5. The van der Waals surface area contributed by atoms with E-state index in [1.54, 1.807) is 25.1 Å². The Kier molecular flexibility index (Phi) is 5.02. The lowest BCUT2D eigenvalue weighted by Gasteiger charge is -2.18. The van der Waals surface area contributed by atoms with E-state index in [1.807, 2.05) is 13.0 Å². The highest BCUT2D eigenvalue weighted by Crippen LogP contribution is 2.33. The van der Waals surface area contributed by atoms with Crippen molar-refractivity contribution in [3.63, 3.8) is 0 Å². The molecule has 1 unspecified atom stereocenters. The van der Waals surface area contributed by atoms with E-state index >= 15 is 0 Å². The molecule has 0 fully saturated rings. The summed E-state index contributed by atoms with van der Waals surface area (Å²) in [6, 6.07) is 8.10. The molecule has 0 amide bonds. The van der Waals surface area contributed by atoms with Crippen molar-refractivity contribution in [1.29, 1.82) is 5.26 Å². The van der Waals surface area contributed by atoms with E-state index in [4.69, 9.17) is 14.7 Å². The Morgan fingerprint density at radius 1 is 1.22 bits per heavy atom. The number of benzene rings is 1. The monoisotopic (exact) mass is 315 g/mol. The lowest BCUT2D eigenvalue weighted by atomic mass is 10.1. The van der Waals surface area contributed by atoms with E-state index in [0.29, 0.717) is 28.6 Å². The summed E-state index contributed by atoms with van der Waals surface area (Å²) in [5.74, 6) is 0.886. The van der Waals surface area contributed by atoms with Gasteiger partial charge in [-0.15, -0.1) is 0 Å². The predicted molar refractivity (Wildman–Crippen MR) is 85.2 cm³/mol. The van der Waals surface area contributed by atoms with Crippen LogP contribution in [0.15, 0.2) is 24.3 Å². The zero-order chi connectivity index (χ0) is 17.0. The molecule has 1 aromatic carbocycles. The molecule has 2 rings (SSSR count). The number of aryl methyl sites for hydroxylation is 1. The first-order valence-electron chi connectivity index (χ1n) is 7.05. The first kappa shape index (κ1) is 16.6. The second kappa shape index (κ2) is 6.97. The Balaban J connectivity index is 2.31. The predicted octanol–water partition coefficient (Wildman–Crippen LogP) is 3.59. The van der Waals surface area contributed by atoms with Crippen LogP contribution in [0.4, 0.5) is 10.2 Å². The zero-order valence-corrected chi connectivity index (χ0v) is 13.5. The van der Waals surface area contributed by atoms with Crippen LogP contribution in [0.1, 0.15) is 29.8 Å². The van der Waals surface area contributed by atoms with Crippen LogP contribution in [-0.4, -0.2) is 19.2 Å². The molecule has 0 saturated heterocycles. The Hall–Kier alpha value is -2.81. The van der Waals surface area contributed by atoms with Gasteiger partial charge in [0.2, 0.25) is 0 Å². The summed E-state index contributed by atoms with van der Waals surface area (Å²) in [6.07, 6.45) is 0. The van der Waals surface area contributed by atoms with Crippen molar-refractivity contribution in [1.82, 2.24) is 4.98 Å². The molecule has 0 saturated carbocycles. The van der Waals surface area contributed by atoms with Crippen molar-refractivity contribution in [2.45, 2.75) is 19.9 Å². The van der Waals surface area contributed by atoms with Gasteiger partial charge in [-0.3, -0.25) is 0 Å². The fourth-order valence-electron chi connectivity index (χ4n) is 2.22. The molecule has 0 aliphatic carbocycles. The third kappa shape index (κ3) is 3.51. The van der Waals surface area contributed by atoms with E-state index in [9.17, 15) is 4.39 Å². The topological polar surface area (TPSA) is 67.2 Å². The molecule has 5 nitrogen and oxygen atoms in total. The largest absolute Gasteiger partial charge is 0.493 e. The Morgan fingerprint density at radius 3 is 2.48 bits per heavy atom. The molecule has 0 aliphatic heterocycles. The number of nitriles is 1. The second-order valence-corrected chi connectivity index (χ2v) is 5.07. The van der Waals surface area contributed by atoms with Crippen LogP contribution in [0.3, 0.4) is 0 Å². The van der Waals surface area contributed by atoms with Crippen LogP contribution in [0, 0.1) is 24.1 Å². The molecule has 2 aromatic rings. The van der Waals surface area contributed by atoms with Gasteiger partial charge in [0.15, 0.2) is 11.5 Å². The highest BCUT2D eigenvalue weighted by atomic mass is 19.1. The lowest BCUT2D eigenvalue weighted by molar-refractivity contribution is 0.351. The van der Waals surface area contributed by atoms with Crippen molar-refractivity contribution >= 4 is 5.82 Å². The molecule has 6 heteroatoms. The van der Waals surface area contributed by atoms with Crippen LogP contribution in [-0.2, 0) is 0 Å². The van der Waals surface area contributed by atoms with Gasteiger partial charge in [-0.2, -0.15) is 5.26 Å². The summed E-state index contributed by atoms with van der Waals surface area (Å²) in [7, 11) is 2.96. The number of anilines is 1. The van der Waals surface area contributed by atoms with Crippen molar-refractivity contribution in [3.8, 4) is 17.6 Å². The molecular weight excluding hydrogens is 297 g/mol. The van der Waals surface area contributed by atoms with E-state index < -0.39 is 5.82 Å². The summed E-state index contributed by atoms with van der Waals surface area (Å²) >= 11 is 0. The summed E-state index contributed by atoms with van der Waals surface area (Å²) < 4.78 is 24.6. The Bertz CT molecular complexity index is 756. The van der Waals surface area contributed by atoms with Crippen molar-refractivity contribution in [2.24, 2.45) is 0 Å². The highest BCUT2D eigenvalue weighted by Gasteiger charge is 2.17. The Morgan fingerprint density at radius 2 is 1.87 bits per heavy atom. The third-order valence-corrected chi connectivity index (χ3v) is 3.54. The normalized spacial score (nSPS) is 11.5. The summed E-state index contributed by atoms with van der Waals surface area (Å²) in [6.45, 7) is 3.62. The number of hydrogen-bond donors (Lipinski definition) is 1. The lowest BCUT2D eigenvalue weighted by Crippen LogP contribution is -2.11. The summed E-state index contributed by atoms with van der Waals surface area (Å²) in [5, 5.41) is 12.1. The maximum Gasteiger partial charge on any atom is 0.163 e. The van der Waals surface area contributed by atoms with E-state index in [0.717, 1.165) is 5.56 Å². The van der Waals surface area contributed by atoms with Gasteiger partial charge in [-0.05, 0) is 31.5 Å². The van der Waals surface area contributed by atoms with Crippen LogP contribution in [0.5, 0.6) is 11.5 Å². The van der Waals surface area contributed by atoms with Gasteiger partial charge in [0.1, 0.15) is 23.4 Å². The molecule has 1 aromatic heterocycles. The van der Waals surface area contributed by atoms with E-state index in [2.05, 4.69) is 10.3 Å². The van der Waals surface area contributed by atoms with Gasteiger partial charge in [-0.25, -0.2) is 9.37 Å². The summed E-state index contributed by atoms with van der Waals surface area (Å²) in [5.41, 5.74) is 1.56. The SMILES string of the molecule is COc1cc(F)c(C(C)Nc2ccc(C)c(C#N)n2)cc1OC. The molecule has 0 spiro atoms. The maximum atomic E-state index is 14.3. The van der Waals surface area contributed by atoms with Gasteiger partial charge in [-0.1, -0.05) is 6.07 Å². The zero-order valence-electron chi connectivity index (χ0n) is 13.5. The third-order valence-electron chi connectivity index (χ3n) is 3.54. The number of pyridine rings is 1. The summed E-state index contributed by atoms with van der Waals surface area (Å²) in [4.78, 5) is 4.21. The molecule has 120 valence electrons. The molecule has 1 N–H and O–H groups in total. The number of halogens is 1. The molecule has 0 bridgehead atoms. The van der Waals surface area contributed by atoms with Crippen LogP contribution in [0.25, 0.3) is 0 Å². The molecule has 1 atom stereocenters. The number of nitrogens with one attached hydrogen (secondary N) is 1. The second-order valence-electron chi connectivity index (χ2n) is 5.07. The van der Waals surface area contributed by atoms with Crippen LogP contribution < -0.4 is 14.8 Å². The number of methoxy groups -OCH3 is 2. The first-order valence-corrected chi connectivity index (χ1v) is 7.05. The minimum absolute atomic E-state index is 0.334. The minimum atomic E-state index is -0.407. The van der Waals surface area contributed by atoms with Crippen LogP contribution in [0.2, 0.25) is 0 Å². The van der Waals surface area contributed by atoms with Crippen molar-refractivity contribution < 1.29 is 13.9 Å². The van der Waals surface area contributed by atoms with E-state index in [1.165, 1.54) is 20.3 Å². The van der Waals surface area contributed by atoms with Gasteiger partial charge in [0.05, 0.1) is 20.3 Å². The molecule has 0 radical (unpaired) electrons. The standard InChI is InChI=1S/C17H18FN3O2/c1-10-5-6-17(21-14(10)9-19)20-11(2)12-7-15(22-3)16(23-4)8-13(12)18/h5-8,11H,1-4H3,(H,20,21).